The van der Waals surface area contributed by atoms with Crippen molar-refractivity contribution in [1.29, 1.82) is 5.26 Å². The summed E-state index contributed by atoms with van der Waals surface area (Å²) in [5.74, 6) is -0.0961. The smallest absolute Gasteiger partial charge is 0.352 e. The summed E-state index contributed by atoms with van der Waals surface area (Å²) in [7, 11) is 0. The van der Waals surface area contributed by atoms with E-state index in [4.69, 9.17) is 33.0 Å². The standard InChI is InChI=1S/C20H19Cl2N5O2.C2H6O/c1-2-29-20(28)16(9-23)19-26(12-14-3-5-17(21)24-10-14)7-8-27(19)13-15-4-6-18(22)25-11-15;1-2-3/h3-6,10-11H,2,7-8,12-13H2,1H3;3H,2H2,1H3. The zero-order valence-electron chi connectivity index (χ0n) is 18.0. The molecule has 0 amide bonds. The van der Waals surface area contributed by atoms with E-state index in [1.165, 1.54) is 0 Å². The van der Waals surface area contributed by atoms with Gasteiger partial charge in [-0.2, -0.15) is 5.26 Å². The van der Waals surface area contributed by atoms with E-state index in [2.05, 4.69) is 9.97 Å². The van der Waals surface area contributed by atoms with Crippen LogP contribution in [-0.4, -0.2) is 57.1 Å². The minimum absolute atomic E-state index is 0.0202. The van der Waals surface area contributed by atoms with E-state index >= 15 is 0 Å². The van der Waals surface area contributed by atoms with E-state index in [1.807, 2.05) is 28.0 Å². The Kier molecular flexibility index (Phi) is 10.2. The van der Waals surface area contributed by atoms with Crippen molar-refractivity contribution in [2.24, 2.45) is 0 Å². The molecule has 1 aliphatic rings. The molecule has 10 heteroatoms. The van der Waals surface area contributed by atoms with E-state index in [0.29, 0.717) is 42.3 Å². The largest absolute Gasteiger partial charge is 0.462 e. The lowest BCUT2D eigenvalue weighted by Crippen LogP contribution is -2.27. The highest BCUT2D eigenvalue weighted by Gasteiger charge is 2.31. The molecule has 0 atom stereocenters. The number of carbonyl (C=O) groups is 1. The predicted octanol–water partition coefficient (Wildman–Crippen LogP) is 3.40. The number of hydrogen-bond donors (Lipinski definition) is 1. The van der Waals surface area contributed by atoms with Gasteiger partial charge in [-0.15, -0.1) is 0 Å². The third-order valence-corrected chi connectivity index (χ3v) is 4.83. The Morgan fingerprint density at radius 3 is 1.88 bits per heavy atom. The van der Waals surface area contributed by atoms with Crippen molar-refractivity contribution in [1.82, 2.24) is 19.8 Å². The molecule has 1 saturated heterocycles. The first kappa shape index (κ1) is 25.4. The second kappa shape index (κ2) is 12.9. The Morgan fingerprint density at radius 1 is 1.06 bits per heavy atom. The van der Waals surface area contributed by atoms with Crippen LogP contribution < -0.4 is 0 Å². The van der Waals surface area contributed by atoms with Crippen LogP contribution in [0, 0.1) is 11.3 Å². The van der Waals surface area contributed by atoms with E-state index in [-0.39, 0.29) is 18.8 Å². The lowest BCUT2D eigenvalue weighted by atomic mass is 10.2. The number of halogens is 2. The average molecular weight is 478 g/mol. The van der Waals surface area contributed by atoms with E-state index in [9.17, 15) is 10.1 Å². The zero-order chi connectivity index (χ0) is 23.5. The topological polar surface area (TPSA) is 103 Å². The maximum Gasteiger partial charge on any atom is 0.352 e. The number of pyridine rings is 2. The van der Waals surface area contributed by atoms with Crippen LogP contribution >= 0.6 is 23.2 Å². The summed E-state index contributed by atoms with van der Waals surface area (Å²) >= 11 is 11.7. The molecule has 1 N–H and O–H groups in total. The number of hydrogen-bond acceptors (Lipinski definition) is 8. The molecule has 0 aliphatic carbocycles. The number of nitriles is 1. The van der Waals surface area contributed by atoms with Gasteiger partial charge < -0.3 is 19.6 Å². The van der Waals surface area contributed by atoms with Gasteiger partial charge in [-0.25, -0.2) is 14.8 Å². The highest BCUT2D eigenvalue weighted by Crippen LogP contribution is 2.27. The Hall–Kier alpha value is -2.86. The number of aliphatic hydroxyl groups is 1. The highest BCUT2D eigenvalue weighted by atomic mass is 35.5. The first-order valence-corrected chi connectivity index (χ1v) is 10.8. The molecule has 32 heavy (non-hydrogen) atoms. The summed E-state index contributed by atoms with van der Waals surface area (Å²) in [6.45, 7) is 6.09. The maximum absolute atomic E-state index is 12.4. The molecule has 2 aromatic rings. The van der Waals surface area contributed by atoms with Crippen molar-refractivity contribution in [2.75, 3.05) is 26.3 Å². The summed E-state index contributed by atoms with van der Waals surface area (Å²) in [6, 6.07) is 9.19. The van der Waals surface area contributed by atoms with Gasteiger partial charge in [-0.1, -0.05) is 35.3 Å². The van der Waals surface area contributed by atoms with Crippen molar-refractivity contribution >= 4 is 29.2 Å². The summed E-state index contributed by atoms with van der Waals surface area (Å²) in [5.41, 5.74) is 1.82. The molecule has 8 nitrogen and oxygen atoms in total. The van der Waals surface area contributed by atoms with Crippen LogP contribution in [0.5, 0.6) is 0 Å². The second-order valence-electron chi connectivity index (χ2n) is 6.67. The first-order chi connectivity index (χ1) is 15.4. The van der Waals surface area contributed by atoms with Gasteiger partial charge in [0.15, 0.2) is 5.57 Å². The molecule has 0 radical (unpaired) electrons. The fourth-order valence-corrected chi connectivity index (χ4v) is 3.33. The molecule has 1 aliphatic heterocycles. The van der Waals surface area contributed by atoms with Crippen LogP contribution in [0.1, 0.15) is 25.0 Å². The Labute approximate surface area is 197 Å². The predicted molar refractivity (Wildman–Crippen MR) is 121 cm³/mol. The van der Waals surface area contributed by atoms with E-state index in [1.54, 1.807) is 38.4 Å². The summed E-state index contributed by atoms with van der Waals surface area (Å²) < 4.78 is 5.10. The number of rotatable bonds is 6. The van der Waals surface area contributed by atoms with Crippen LogP contribution in [-0.2, 0) is 22.6 Å². The Morgan fingerprint density at radius 2 is 1.53 bits per heavy atom. The van der Waals surface area contributed by atoms with Crippen molar-refractivity contribution in [2.45, 2.75) is 26.9 Å². The highest BCUT2D eigenvalue weighted by molar-refractivity contribution is 6.29. The molecule has 170 valence electrons. The molecule has 2 aromatic heterocycles. The molecule has 3 heterocycles. The molecule has 0 bridgehead atoms. The number of aliphatic hydroxyl groups excluding tert-OH is 1. The summed E-state index contributed by atoms with van der Waals surface area (Å²) in [5, 5.41) is 18.1. The zero-order valence-corrected chi connectivity index (χ0v) is 19.5. The normalized spacial score (nSPS) is 12.7. The monoisotopic (exact) mass is 477 g/mol. The molecule has 0 unspecified atom stereocenters. The third-order valence-electron chi connectivity index (χ3n) is 4.38. The van der Waals surface area contributed by atoms with Crippen LogP contribution in [0.3, 0.4) is 0 Å². The fourth-order valence-electron chi connectivity index (χ4n) is 3.11. The molecule has 0 spiro atoms. The number of esters is 1. The molecule has 0 saturated carbocycles. The van der Waals surface area contributed by atoms with E-state index in [0.717, 1.165) is 11.1 Å². The van der Waals surface area contributed by atoms with Crippen LogP contribution in [0.4, 0.5) is 0 Å². The number of aromatic nitrogens is 2. The van der Waals surface area contributed by atoms with Gasteiger partial charge in [-0.05, 0) is 37.1 Å². The van der Waals surface area contributed by atoms with Crippen LogP contribution in [0.25, 0.3) is 0 Å². The van der Waals surface area contributed by atoms with Gasteiger partial charge in [0.05, 0.1) is 6.61 Å². The van der Waals surface area contributed by atoms with Crippen molar-refractivity contribution in [3.63, 3.8) is 0 Å². The Bertz CT molecular complexity index is 902. The molecular weight excluding hydrogens is 453 g/mol. The van der Waals surface area contributed by atoms with Crippen LogP contribution in [0.2, 0.25) is 10.3 Å². The van der Waals surface area contributed by atoms with Crippen molar-refractivity contribution in [3.8, 4) is 6.07 Å². The fraction of sp³-hybridized carbons (Fsp3) is 0.364. The molecule has 0 aromatic carbocycles. The van der Waals surface area contributed by atoms with Gasteiger partial charge in [0, 0.05) is 45.2 Å². The van der Waals surface area contributed by atoms with Gasteiger partial charge in [0.2, 0.25) is 0 Å². The third kappa shape index (κ3) is 7.09. The van der Waals surface area contributed by atoms with Gasteiger partial charge >= 0.3 is 5.97 Å². The molecular formula is C22H25Cl2N5O3. The van der Waals surface area contributed by atoms with Gasteiger partial charge in [0.25, 0.3) is 0 Å². The summed E-state index contributed by atoms with van der Waals surface area (Å²) in [6.07, 6.45) is 3.37. The van der Waals surface area contributed by atoms with Crippen molar-refractivity contribution < 1.29 is 14.6 Å². The molecule has 1 fully saturated rings. The minimum Gasteiger partial charge on any atom is -0.462 e. The lowest BCUT2D eigenvalue weighted by Gasteiger charge is -2.26. The second-order valence-corrected chi connectivity index (χ2v) is 7.44. The summed E-state index contributed by atoms with van der Waals surface area (Å²) in [4.78, 5) is 24.6. The minimum atomic E-state index is -0.634. The number of nitrogens with zero attached hydrogens (tertiary/aromatic N) is 5. The van der Waals surface area contributed by atoms with Crippen LogP contribution in [0.15, 0.2) is 48.1 Å². The van der Waals surface area contributed by atoms with Crippen molar-refractivity contribution in [3.05, 3.63) is 69.5 Å². The quantitative estimate of drug-likeness (QED) is 0.292. The first-order valence-electron chi connectivity index (χ1n) is 10.1. The maximum atomic E-state index is 12.4. The van der Waals surface area contributed by atoms with Gasteiger partial charge in [0.1, 0.15) is 22.2 Å². The van der Waals surface area contributed by atoms with E-state index < -0.39 is 5.97 Å². The van der Waals surface area contributed by atoms with Gasteiger partial charge in [-0.3, -0.25) is 0 Å². The lowest BCUT2D eigenvalue weighted by molar-refractivity contribution is -0.138. The molecule has 3 rings (SSSR count). The number of carbonyl (C=O) groups excluding carboxylic acids is 1. The Balaban J connectivity index is 0.00000114. The SMILES string of the molecule is CCO.CCOC(=O)C(C#N)=C1N(Cc2ccc(Cl)nc2)CCN1Cc1ccc(Cl)nc1. The number of ether oxygens (including phenoxy) is 1. The average Bonchev–Trinajstić information content (AvgIpc) is 3.14.